The fourth-order valence-corrected chi connectivity index (χ4v) is 4.47. The van der Waals surface area contributed by atoms with Gasteiger partial charge in [-0.15, -0.1) is 0 Å². The second kappa shape index (κ2) is 14.5. The first-order valence-electron chi connectivity index (χ1n) is 13.2. The predicted octanol–water partition coefficient (Wildman–Crippen LogP) is 7.86. The van der Waals surface area contributed by atoms with Crippen LogP contribution in [0.1, 0.15) is 28.7 Å². The summed E-state index contributed by atoms with van der Waals surface area (Å²) >= 11 is 6.26. The van der Waals surface area contributed by atoms with Crippen LogP contribution in [0.4, 0.5) is 0 Å². The molecule has 0 spiro atoms. The molecule has 0 saturated carbocycles. The maximum atomic E-state index is 6.26. The Bertz CT molecular complexity index is 1320. The van der Waals surface area contributed by atoms with E-state index in [1.165, 1.54) is 5.57 Å². The minimum absolute atomic E-state index is 0.575. The first-order chi connectivity index (χ1) is 19.0. The third-order valence-corrected chi connectivity index (χ3v) is 6.68. The average molecular weight is 542 g/mol. The van der Waals surface area contributed by atoms with Gasteiger partial charge in [0.05, 0.1) is 20.3 Å². The molecule has 202 valence electrons. The van der Waals surface area contributed by atoms with E-state index in [0.717, 1.165) is 52.3 Å². The number of methoxy groups -OCH3 is 1. The second-order valence-electron chi connectivity index (χ2n) is 9.55. The van der Waals surface area contributed by atoms with Gasteiger partial charge in [-0.2, -0.15) is 0 Å². The van der Waals surface area contributed by atoms with Gasteiger partial charge in [-0.05, 0) is 90.3 Å². The van der Waals surface area contributed by atoms with Gasteiger partial charge < -0.3 is 19.1 Å². The molecule has 0 fully saturated rings. The number of hydrogen-bond acceptors (Lipinski definition) is 4. The van der Waals surface area contributed by atoms with Gasteiger partial charge >= 0.3 is 0 Å². The fourth-order valence-electron chi connectivity index (χ4n) is 4.34. The van der Waals surface area contributed by atoms with E-state index in [9.17, 15) is 0 Å². The van der Waals surface area contributed by atoms with Crippen LogP contribution < -0.4 is 9.47 Å². The lowest BCUT2D eigenvalue weighted by molar-refractivity contribution is 0.126. The predicted molar refractivity (Wildman–Crippen MR) is 162 cm³/mol. The lowest BCUT2D eigenvalue weighted by atomic mass is 9.88. The maximum Gasteiger partial charge on any atom is 0.119 e. The zero-order chi connectivity index (χ0) is 27.5. The Morgan fingerprint density at radius 3 is 1.87 bits per heavy atom. The fraction of sp³-hybridized carbons (Fsp3) is 0.235. The molecule has 39 heavy (non-hydrogen) atoms. The summed E-state index contributed by atoms with van der Waals surface area (Å²) in [5.74, 6) is 1.68. The first-order valence-corrected chi connectivity index (χ1v) is 13.5. The van der Waals surface area contributed by atoms with E-state index in [0.29, 0.717) is 24.8 Å². The monoisotopic (exact) mass is 541 g/mol. The van der Waals surface area contributed by atoms with Crippen molar-refractivity contribution in [3.8, 4) is 11.5 Å². The van der Waals surface area contributed by atoms with E-state index in [2.05, 4.69) is 53.4 Å². The third-order valence-electron chi connectivity index (χ3n) is 6.43. The van der Waals surface area contributed by atoms with Crippen LogP contribution in [-0.4, -0.2) is 45.9 Å². The molecule has 0 amide bonds. The van der Waals surface area contributed by atoms with Crippen molar-refractivity contribution in [2.24, 2.45) is 0 Å². The largest absolute Gasteiger partial charge is 0.497 e. The van der Waals surface area contributed by atoms with Crippen LogP contribution in [0.5, 0.6) is 11.5 Å². The topological polar surface area (TPSA) is 30.9 Å². The van der Waals surface area contributed by atoms with Crippen LogP contribution in [0.2, 0.25) is 5.02 Å². The van der Waals surface area contributed by atoms with Crippen molar-refractivity contribution >= 4 is 22.7 Å². The van der Waals surface area contributed by atoms with E-state index in [1.54, 1.807) is 7.11 Å². The molecule has 0 bridgehead atoms. The summed E-state index contributed by atoms with van der Waals surface area (Å²) in [5.41, 5.74) is 6.81. The number of benzene rings is 4. The van der Waals surface area contributed by atoms with E-state index >= 15 is 0 Å². The van der Waals surface area contributed by atoms with Crippen LogP contribution in [0.15, 0.2) is 103 Å². The maximum absolute atomic E-state index is 6.26. The molecular weight excluding hydrogens is 506 g/mol. The summed E-state index contributed by atoms with van der Waals surface area (Å²) in [4.78, 5) is 2.11. The average Bonchev–Trinajstić information content (AvgIpc) is 2.96. The lowest BCUT2D eigenvalue weighted by Gasteiger charge is -2.19. The molecule has 0 aromatic heterocycles. The van der Waals surface area contributed by atoms with Crippen molar-refractivity contribution < 1.29 is 14.2 Å². The second-order valence-corrected chi connectivity index (χ2v) is 9.99. The zero-order valence-corrected chi connectivity index (χ0v) is 23.7. The number of hydrogen-bond donors (Lipinski definition) is 0. The van der Waals surface area contributed by atoms with Crippen molar-refractivity contribution in [3.05, 3.63) is 130 Å². The summed E-state index contributed by atoms with van der Waals surface area (Å²) in [6, 6.07) is 34.9. The highest BCUT2D eigenvalue weighted by molar-refractivity contribution is 6.30. The molecule has 4 nitrogen and oxygen atoms in total. The normalized spacial score (nSPS) is 11.8. The Kier molecular flexibility index (Phi) is 10.6. The molecule has 0 aliphatic heterocycles. The number of likely N-dealkylation sites (N-methyl/N-ethyl adjacent to an activating group) is 1. The quantitative estimate of drug-likeness (QED) is 0.127. The summed E-state index contributed by atoms with van der Waals surface area (Å²) in [7, 11) is 5.77. The van der Waals surface area contributed by atoms with E-state index < -0.39 is 0 Å². The van der Waals surface area contributed by atoms with Crippen LogP contribution in [0.3, 0.4) is 0 Å². The summed E-state index contributed by atoms with van der Waals surface area (Å²) < 4.78 is 17.5. The van der Waals surface area contributed by atoms with Gasteiger partial charge in [0.25, 0.3) is 0 Å². The number of ether oxygens (including phenoxy) is 3. The molecule has 0 aliphatic carbocycles. The van der Waals surface area contributed by atoms with Crippen molar-refractivity contribution in [1.29, 1.82) is 0 Å². The smallest absolute Gasteiger partial charge is 0.119 e. The lowest BCUT2D eigenvalue weighted by Crippen LogP contribution is -2.19. The van der Waals surface area contributed by atoms with Gasteiger partial charge in [-0.3, -0.25) is 0 Å². The molecular formula is C34H36ClNO3. The Hall–Kier alpha value is -3.57. The highest BCUT2D eigenvalue weighted by Crippen LogP contribution is 2.36. The van der Waals surface area contributed by atoms with E-state index in [4.69, 9.17) is 25.8 Å². The van der Waals surface area contributed by atoms with Crippen molar-refractivity contribution in [2.75, 3.05) is 41.0 Å². The molecule has 5 heteroatoms. The molecule has 0 unspecified atom stereocenters. The molecule has 0 N–H and O–H groups in total. The van der Waals surface area contributed by atoms with E-state index in [1.807, 2.05) is 68.7 Å². The highest BCUT2D eigenvalue weighted by atomic mass is 35.5. The number of rotatable bonds is 13. The molecule has 0 saturated heterocycles. The summed E-state index contributed by atoms with van der Waals surface area (Å²) in [6.45, 7) is 2.66. The number of halogens is 1. The van der Waals surface area contributed by atoms with Crippen LogP contribution >= 0.6 is 11.6 Å². The van der Waals surface area contributed by atoms with Crippen molar-refractivity contribution in [1.82, 2.24) is 4.90 Å². The summed E-state index contributed by atoms with van der Waals surface area (Å²) in [6.07, 6.45) is 0.733. The van der Waals surface area contributed by atoms with Gasteiger partial charge in [0, 0.05) is 11.6 Å². The minimum atomic E-state index is 0.575. The highest BCUT2D eigenvalue weighted by Gasteiger charge is 2.15. The Labute approximate surface area is 237 Å². The van der Waals surface area contributed by atoms with Crippen LogP contribution in [0, 0.1) is 0 Å². The van der Waals surface area contributed by atoms with Gasteiger partial charge in [-0.1, -0.05) is 78.3 Å². The molecule has 4 rings (SSSR count). The van der Waals surface area contributed by atoms with Crippen LogP contribution in [-0.2, 0) is 11.3 Å². The Balaban J connectivity index is 1.70. The third kappa shape index (κ3) is 8.46. The van der Waals surface area contributed by atoms with E-state index in [-0.39, 0.29) is 0 Å². The molecule has 0 radical (unpaired) electrons. The molecule has 4 aromatic rings. The molecule has 0 atom stereocenters. The first kappa shape index (κ1) is 28.4. The SMILES string of the molecule is COc1ccc(C(=C(CCOCc2ccccc2)c2ccc(Cl)cc2)c2ccc(OCCN(C)C)cc2)cc1. The Morgan fingerprint density at radius 1 is 0.692 bits per heavy atom. The molecule has 0 aliphatic rings. The van der Waals surface area contributed by atoms with Crippen molar-refractivity contribution in [3.63, 3.8) is 0 Å². The molecule has 4 aromatic carbocycles. The van der Waals surface area contributed by atoms with Gasteiger partial charge in [0.1, 0.15) is 18.1 Å². The number of nitrogens with zero attached hydrogens (tertiary/aromatic N) is 1. The van der Waals surface area contributed by atoms with Gasteiger partial charge in [-0.25, -0.2) is 0 Å². The Morgan fingerprint density at radius 2 is 1.28 bits per heavy atom. The van der Waals surface area contributed by atoms with Gasteiger partial charge in [0.2, 0.25) is 0 Å². The summed E-state index contributed by atoms with van der Waals surface area (Å²) in [5, 5.41) is 0.712. The zero-order valence-electron chi connectivity index (χ0n) is 22.9. The van der Waals surface area contributed by atoms with Crippen molar-refractivity contribution in [2.45, 2.75) is 13.0 Å². The van der Waals surface area contributed by atoms with Crippen LogP contribution in [0.25, 0.3) is 11.1 Å². The minimum Gasteiger partial charge on any atom is -0.497 e. The van der Waals surface area contributed by atoms with Gasteiger partial charge in [0.15, 0.2) is 0 Å². The molecule has 0 heterocycles. The standard InChI is InChI=1S/C34H36ClNO3/c1-36(2)22-24-39-32-19-13-29(14-20-32)34(28-11-17-31(37-3)18-12-28)33(27-9-15-30(35)16-10-27)21-23-38-25-26-7-5-4-6-8-26/h4-20H,21-25H2,1-3H3.